The number of allylic oxidation sites excluding steroid dienone is 1. The van der Waals surface area contributed by atoms with Gasteiger partial charge in [0.1, 0.15) is 0 Å². The minimum absolute atomic E-state index is 0.0624. The van der Waals surface area contributed by atoms with Crippen molar-refractivity contribution in [1.29, 1.82) is 0 Å². The van der Waals surface area contributed by atoms with Gasteiger partial charge < -0.3 is 0 Å². The Balaban J connectivity index is 2.76. The Hall–Kier alpha value is -1.13. The molecule has 4 heteroatoms. The van der Waals surface area contributed by atoms with Gasteiger partial charge in [-0.05, 0) is 36.5 Å². The Bertz CT molecular complexity index is 446. The van der Waals surface area contributed by atoms with Gasteiger partial charge in [-0.1, -0.05) is 25.1 Å². The van der Waals surface area contributed by atoms with Crippen molar-refractivity contribution in [2.45, 2.75) is 24.7 Å². The van der Waals surface area contributed by atoms with Crippen LogP contribution in [0.5, 0.6) is 0 Å². The van der Waals surface area contributed by atoms with E-state index < -0.39 is 10.1 Å². The Kier molecular flexibility index (Phi) is 4.26. The Morgan fingerprint density at radius 1 is 1.38 bits per heavy atom. The minimum atomic E-state index is -4.07. The van der Waals surface area contributed by atoms with Gasteiger partial charge in [0.2, 0.25) is 0 Å². The first-order valence-electron chi connectivity index (χ1n) is 5.11. The molecule has 0 aromatic heterocycles. The lowest BCUT2D eigenvalue weighted by Gasteiger charge is -2.08. The number of rotatable bonds is 5. The van der Waals surface area contributed by atoms with Crippen LogP contribution in [0.4, 0.5) is 0 Å². The third-order valence-corrected chi connectivity index (χ3v) is 3.24. The fraction of sp³-hybridized carbons (Fsp3) is 0.333. The summed E-state index contributed by atoms with van der Waals surface area (Å²) in [7, 11) is -4.07. The van der Waals surface area contributed by atoms with Crippen molar-refractivity contribution in [2.24, 2.45) is 5.92 Å². The molecule has 0 aliphatic rings. The van der Waals surface area contributed by atoms with E-state index in [2.05, 4.69) is 13.5 Å². The van der Waals surface area contributed by atoms with Crippen LogP contribution in [0.3, 0.4) is 0 Å². The third kappa shape index (κ3) is 3.79. The zero-order chi connectivity index (χ0) is 12.2. The Labute approximate surface area is 96.6 Å². The summed E-state index contributed by atoms with van der Waals surface area (Å²) in [6.45, 7) is 5.79. The second-order valence-electron chi connectivity index (χ2n) is 3.95. The first-order valence-corrected chi connectivity index (χ1v) is 6.55. The zero-order valence-corrected chi connectivity index (χ0v) is 10.1. The van der Waals surface area contributed by atoms with Crippen molar-refractivity contribution in [1.82, 2.24) is 0 Å². The summed E-state index contributed by atoms with van der Waals surface area (Å²) in [6, 6.07) is 6.29. The molecule has 0 bridgehead atoms. The molecule has 1 N–H and O–H groups in total. The molecule has 0 aliphatic carbocycles. The van der Waals surface area contributed by atoms with Crippen LogP contribution >= 0.6 is 0 Å². The van der Waals surface area contributed by atoms with Gasteiger partial charge >= 0.3 is 0 Å². The first kappa shape index (κ1) is 12.9. The van der Waals surface area contributed by atoms with E-state index in [1.54, 1.807) is 12.1 Å². The van der Waals surface area contributed by atoms with Crippen LogP contribution in [0.1, 0.15) is 18.9 Å². The second kappa shape index (κ2) is 5.27. The molecular weight excluding hydrogens is 224 g/mol. The zero-order valence-electron chi connectivity index (χ0n) is 9.26. The molecular formula is C12H16O3S. The molecule has 1 unspecified atom stereocenters. The highest BCUT2D eigenvalue weighted by Crippen LogP contribution is 2.15. The lowest BCUT2D eigenvalue weighted by atomic mass is 9.98. The average molecular weight is 240 g/mol. The predicted octanol–water partition coefficient (Wildman–Crippen LogP) is 2.69. The van der Waals surface area contributed by atoms with Crippen LogP contribution in [-0.2, 0) is 16.5 Å². The molecule has 1 atom stereocenters. The second-order valence-corrected chi connectivity index (χ2v) is 5.37. The first-order chi connectivity index (χ1) is 7.43. The van der Waals surface area contributed by atoms with Gasteiger partial charge in [-0.2, -0.15) is 8.42 Å². The van der Waals surface area contributed by atoms with Gasteiger partial charge in [0.25, 0.3) is 10.1 Å². The number of hydrogen-bond acceptors (Lipinski definition) is 2. The maximum absolute atomic E-state index is 10.8. The van der Waals surface area contributed by atoms with Gasteiger partial charge in [0, 0.05) is 0 Å². The van der Waals surface area contributed by atoms with Crippen molar-refractivity contribution >= 4 is 10.1 Å². The maximum Gasteiger partial charge on any atom is 0.294 e. The van der Waals surface area contributed by atoms with Crippen LogP contribution in [0.25, 0.3) is 0 Å². The SMILES string of the molecule is C=CCC(C)Cc1ccc(S(=O)(=O)O)cc1. The summed E-state index contributed by atoms with van der Waals surface area (Å²) in [6.07, 6.45) is 3.68. The lowest BCUT2D eigenvalue weighted by molar-refractivity contribution is 0.483. The molecule has 1 aromatic rings. The van der Waals surface area contributed by atoms with Crippen molar-refractivity contribution in [3.8, 4) is 0 Å². The molecule has 0 radical (unpaired) electrons. The summed E-state index contributed by atoms with van der Waals surface area (Å²) >= 11 is 0. The monoisotopic (exact) mass is 240 g/mol. The standard InChI is InChI=1S/C12H16O3S/c1-3-4-10(2)9-11-5-7-12(8-6-11)16(13,14)15/h3,5-8,10H,1,4,9H2,2H3,(H,13,14,15). The molecule has 16 heavy (non-hydrogen) atoms. The van der Waals surface area contributed by atoms with Gasteiger partial charge in [0.15, 0.2) is 0 Å². The van der Waals surface area contributed by atoms with E-state index in [4.69, 9.17) is 4.55 Å². The molecule has 0 spiro atoms. The molecule has 1 aromatic carbocycles. The highest BCUT2D eigenvalue weighted by Gasteiger charge is 2.09. The summed E-state index contributed by atoms with van der Waals surface area (Å²) in [5, 5.41) is 0. The van der Waals surface area contributed by atoms with Gasteiger partial charge in [-0.25, -0.2) is 0 Å². The van der Waals surface area contributed by atoms with E-state index >= 15 is 0 Å². The molecule has 0 saturated carbocycles. The predicted molar refractivity (Wildman–Crippen MR) is 63.9 cm³/mol. The van der Waals surface area contributed by atoms with Crippen LogP contribution in [-0.4, -0.2) is 13.0 Å². The Morgan fingerprint density at radius 2 is 1.94 bits per heavy atom. The van der Waals surface area contributed by atoms with Crippen LogP contribution in [0.2, 0.25) is 0 Å². The van der Waals surface area contributed by atoms with E-state index in [1.165, 1.54) is 12.1 Å². The topological polar surface area (TPSA) is 54.4 Å². The van der Waals surface area contributed by atoms with E-state index in [1.807, 2.05) is 6.08 Å². The summed E-state index contributed by atoms with van der Waals surface area (Å²) in [5.74, 6) is 0.481. The lowest BCUT2D eigenvalue weighted by Crippen LogP contribution is -2.00. The molecule has 0 amide bonds. The van der Waals surface area contributed by atoms with E-state index in [-0.39, 0.29) is 4.90 Å². The van der Waals surface area contributed by atoms with Gasteiger partial charge in [-0.15, -0.1) is 6.58 Å². The van der Waals surface area contributed by atoms with Crippen LogP contribution in [0.15, 0.2) is 41.8 Å². The smallest absolute Gasteiger partial charge is 0.282 e. The van der Waals surface area contributed by atoms with Crippen LogP contribution < -0.4 is 0 Å². The van der Waals surface area contributed by atoms with Gasteiger partial charge in [-0.3, -0.25) is 4.55 Å². The number of hydrogen-bond donors (Lipinski definition) is 1. The van der Waals surface area contributed by atoms with Crippen molar-refractivity contribution < 1.29 is 13.0 Å². The fourth-order valence-corrected chi connectivity index (χ4v) is 2.05. The molecule has 0 aliphatic heterocycles. The summed E-state index contributed by atoms with van der Waals surface area (Å²) in [4.78, 5) is -0.0624. The number of benzene rings is 1. The largest absolute Gasteiger partial charge is 0.294 e. The fourth-order valence-electron chi connectivity index (χ4n) is 1.57. The quantitative estimate of drug-likeness (QED) is 0.636. The normalized spacial score (nSPS) is 13.4. The van der Waals surface area contributed by atoms with E-state index in [0.717, 1.165) is 18.4 Å². The summed E-state index contributed by atoms with van der Waals surface area (Å²) < 4.78 is 30.4. The Morgan fingerprint density at radius 3 is 2.38 bits per heavy atom. The van der Waals surface area contributed by atoms with Gasteiger partial charge in [0.05, 0.1) is 4.90 Å². The maximum atomic E-state index is 10.8. The van der Waals surface area contributed by atoms with E-state index in [0.29, 0.717) is 5.92 Å². The van der Waals surface area contributed by atoms with E-state index in [9.17, 15) is 8.42 Å². The summed E-state index contributed by atoms with van der Waals surface area (Å²) in [5.41, 5.74) is 1.06. The minimum Gasteiger partial charge on any atom is -0.282 e. The molecule has 0 heterocycles. The molecule has 0 fully saturated rings. The molecule has 1 rings (SSSR count). The molecule has 0 saturated heterocycles. The highest BCUT2D eigenvalue weighted by atomic mass is 32.2. The van der Waals surface area contributed by atoms with Crippen molar-refractivity contribution in [3.63, 3.8) is 0 Å². The highest BCUT2D eigenvalue weighted by molar-refractivity contribution is 7.85. The van der Waals surface area contributed by atoms with Crippen molar-refractivity contribution in [2.75, 3.05) is 0 Å². The third-order valence-electron chi connectivity index (χ3n) is 2.37. The average Bonchev–Trinajstić information content (AvgIpc) is 2.17. The van der Waals surface area contributed by atoms with Crippen LogP contribution in [0, 0.1) is 5.92 Å². The molecule has 88 valence electrons. The molecule has 3 nitrogen and oxygen atoms in total. The van der Waals surface area contributed by atoms with Crippen molar-refractivity contribution in [3.05, 3.63) is 42.5 Å².